The standard InChI is InChI=1S/C22H16N6O2/c29-20-19(26-22-28-27-21(30-22)17-12-6-7-13-23-17)25-18(14-8-2-1-3-9-14)15-10-4-5-11-16(15)24-20/h1-13,19H,(H,24,29)(H,26,28). The van der Waals surface area contributed by atoms with Gasteiger partial charge in [0.05, 0.1) is 11.4 Å². The average Bonchev–Trinajstić information content (AvgIpc) is 3.21. The Labute approximate surface area is 171 Å². The average molecular weight is 396 g/mol. The number of benzodiazepines with no additional fused rings is 1. The normalized spacial score (nSPS) is 15.5. The summed E-state index contributed by atoms with van der Waals surface area (Å²) in [5.41, 5.74) is 3.65. The fourth-order valence-electron chi connectivity index (χ4n) is 3.17. The third-order valence-corrected chi connectivity index (χ3v) is 4.56. The van der Waals surface area contributed by atoms with Gasteiger partial charge in [-0.3, -0.25) is 9.78 Å². The monoisotopic (exact) mass is 396 g/mol. The zero-order chi connectivity index (χ0) is 20.3. The zero-order valence-corrected chi connectivity index (χ0v) is 15.7. The maximum Gasteiger partial charge on any atom is 0.317 e. The minimum absolute atomic E-state index is 0.0814. The summed E-state index contributed by atoms with van der Waals surface area (Å²) in [6.45, 7) is 0. The molecule has 0 aliphatic carbocycles. The van der Waals surface area contributed by atoms with Gasteiger partial charge in [0, 0.05) is 17.3 Å². The van der Waals surface area contributed by atoms with Gasteiger partial charge in [-0.1, -0.05) is 59.7 Å². The Balaban J connectivity index is 1.51. The van der Waals surface area contributed by atoms with E-state index in [0.717, 1.165) is 11.1 Å². The largest absolute Gasteiger partial charge is 0.402 e. The van der Waals surface area contributed by atoms with Crippen molar-refractivity contribution >= 4 is 23.3 Å². The van der Waals surface area contributed by atoms with Crippen LogP contribution >= 0.6 is 0 Å². The van der Waals surface area contributed by atoms with Gasteiger partial charge in [0.2, 0.25) is 6.17 Å². The number of aromatic nitrogens is 3. The van der Waals surface area contributed by atoms with Crippen LogP contribution in [0.4, 0.5) is 11.7 Å². The van der Waals surface area contributed by atoms with E-state index in [2.05, 4.69) is 25.8 Å². The minimum Gasteiger partial charge on any atom is -0.402 e. The number of rotatable bonds is 4. The van der Waals surface area contributed by atoms with E-state index in [0.29, 0.717) is 17.1 Å². The second kappa shape index (κ2) is 7.59. The zero-order valence-electron chi connectivity index (χ0n) is 15.7. The molecule has 146 valence electrons. The highest BCUT2D eigenvalue weighted by molar-refractivity contribution is 6.19. The van der Waals surface area contributed by atoms with Crippen molar-refractivity contribution in [2.75, 3.05) is 10.6 Å². The molecule has 1 aliphatic rings. The van der Waals surface area contributed by atoms with Crippen LogP contribution < -0.4 is 10.6 Å². The Morgan fingerprint density at radius 2 is 1.70 bits per heavy atom. The summed E-state index contributed by atoms with van der Waals surface area (Å²) in [6.07, 6.45) is 0.684. The van der Waals surface area contributed by atoms with Crippen molar-refractivity contribution in [2.45, 2.75) is 6.17 Å². The summed E-state index contributed by atoms with van der Waals surface area (Å²) in [5.74, 6) is -0.0753. The minimum atomic E-state index is -0.954. The third kappa shape index (κ3) is 3.42. The Kier molecular flexibility index (Phi) is 4.49. The summed E-state index contributed by atoms with van der Waals surface area (Å²) < 4.78 is 5.63. The van der Waals surface area contributed by atoms with Crippen LogP contribution in [0.1, 0.15) is 11.1 Å². The van der Waals surface area contributed by atoms with Crippen molar-refractivity contribution < 1.29 is 9.21 Å². The number of amides is 1. The molecule has 3 heterocycles. The number of nitrogens with one attached hydrogen (secondary N) is 2. The van der Waals surface area contributed by atoms with Gasteiger partial charge in [0.15, 0.2) is 0 Å². The lowest BCUT2D eigenvalue weighted by atomic mass is 10.0. The van der Waals surface area contributed by atoms with Crippen LogP contribution in [0.3, 0.4) is 0 Å². The molecule has 1 amide bonds. The van der Waals surface area contributed by atoms with E-state index in [9.17, 15) is 4.79 Å². The van der Waals surface area contributed by atoms with Gasteiger partial charge < -0.3 is 15.1 Å². The number of benzene rings is 2. The fraction of sp³-hybridized carbons (Fsp3) is 0.0455. The lowest BCUT2D eigenvalue weighted by molar-refractivity contribution is -0.116. The molecule has 2 N–H and O–H groups in total. The molecule has 0 radical (unpaired) electrons. The quantitative estimate of drug-likeness (QED) is 0.548. The fourth-order valence-corrected chi connectivity index (χ4v) is 3.17. The van der Waals surface area contributed by atoms with Gasteiger partial charge >= 0.3 is 6.01 Å². The van der Waals surface area contributed by atoms with Crippen LogP contribution in [0.2, 0.25) is 0 Å². The van der Waals surface area contributed by atoms with E-state index >= 15 is 0 Å². The van der Waals surface area contributed by atoms with Crippen molar-refractivity contribution in [3.8, 4) is 11.6 Å². The van der Waals surface area contributed by atoms with E-state index in [4.69, 9.17) is 9.41 Å². The number of aliphatic imine (C=N–C) groups is 1. The third-order valence-electron chi connectivity index (χ3n) is 4.56. The summed E-state index contributed by atoms with van der Waals surface area (Å²) in [7, 11) is 0. The number of hydrogen-bond donors (Lipinski definition) is 2. The SMILES string of the molecule is O=C1Nc2ccccc2C(c2ccccc2)=NC1Nc1nnc(-c2ccccn2)o1. The number of nitrogens with zero attached hydrogens (tertiary/aromatic N) is 4. The van der Waals surface area contributed by atoms with Crippen LogP contribution in [0.5, 0.6) is 0 Å². The molecule has 0 spiro atoms. The van der Waals surface area contributed by atoms with Crippen LogP contribution in [-0.4, -0.2) is 33.0 Å². The molecule has 1 unspecified atom stereocenters. The molecule has 0 fully saturated rings. The van der Waals surface area contributed by atoms with Crippen molar-refractivity contribution in [2.24, 2.45) is 4.99 Å². The number of para-hydroxylation sites is 1. The lowest BCUT2D eigenvalue weighted by Gasteiger charge is -2.11. The molecule has 30 heavy (non-hydrogen) atoms. The van der Waals surface area contributed by atoms with Crippen LogP contribution in [0.15, 0.2) is 88.4 Å². The Bertz CT molecular complexity index is 1220. The van der Waals surface area contributed by atoms with E-state index in [1.54, 1.807) is 18.3 Å². The van der Waals surface area contributed by atoms with Crippen LogP contribution in [-0.2, 0) is 4.79 Å². The van der Waals surface area contributed by atoms with E-state index in [1.807, 2.05) is 60.7 Å². The molecular formula is C22H16N6O2. The Morgan fingerprint density at radius 3 is 2.53 bits per heavy atom. The molecule has 5 rings (SSSR count). The highest BCUT2D eigenvalue weighted by Crippen LogP contribution is 2.25. The Morgan fingerprint density at radius 1 is 0.900 bits per heavy atom. The highest BCUT2D eigenvalue weighted by atomic mass is 16.4. The van der Waals surface area contributed by atoms with Gasteiger partial charge in [-0.05, 0) is 18.2 Å². The summed E-state index contributed by atoms with van der Waals surface area (Å²) in [6, 6.07) is 22.7. The number of anilines is 2. The first-order chi connectivity index (χ1) is 14.8. The van der Waals surface area contributed by atoms with Gasteiger partial charge in [-0.2, -0.15) is 0 Å². The molecule has 0 bridgehead atoms. The molecule has 2 aromatic heterocycles. The highest BCUT2D eigenvalue weighted by Gasteiger charge is 2.27. The number of hydrogen-bond acceptors (Lipinski definition) is 7. The first kappa shape index (κ1) is 17.7. The second-order valence-corrected chi connectivity index (χ2v) is 6.55. The summed E-state index contributed by atoms with van der Waals surface area (Å²) in [4.78, 5) is 21.7. The predicted molar refractivity (Wildman–Crippen MR) is 112 cm³/mol. The first-order valence-corrected chi connectivity index (χ1v) is 9.33. The van der Waals surface area contributed by atoms with Gasteiger partial charge in [-0.25, -0.2) is 4.99 Å². The molecule has 1 aliphatic heterocycles. The van der Waals surface area contributed by atoms with E-state index in [-0.39, 0.29) is 17.8 Å². The van der Waals surface area contributed by atoms with Crippen molar-refractivity contribution in [3.63, 3.8) is 0 Å². The van der Waals surface area contributed by atoms with Crippen molar-refractivity contribution in [1.82, 2.24) is 15.2 Å². The number of fused-ring (bicyclic) bond motifs is 1. The molecule has 8 heteroatoms. The molecule has 0 saturated heterocycles. The van der Waals surface area contributed by atoms with Crippen molar-refractivity contribution in [3.05, 3.63) is 90.1 Å². The molecule has 2 aromatic carbocycles. The topological polar surface area (TPSA) is 105 Å². The molecule has 8 nitrogen and oxygen atoms in total. The van der Waals surface area contributed by atoms with Crippen LogP contribution in [0.25, 0.3) is 11.6 Å². The predicted octanol–water partition coefficient (Wildman–Crippen LogP) is 3.36. The number of carbonyl (C=O) groups is 1. The Hall–Kier alpha value is -4.33. The van der Waals surface area contributed by atoms with E-state index < -0.39 is 6.17 Å². The second-order valence-electron chi connectivity index (χ2n) is 6.55. The number of pyridine rings is 1. The number of carbonyl (C=O) groups excluding carboxylic acids is 1. The molecular weight excluding hydrogens is 380 g/mol. The van der Waals surface area contributed by atoms with E-state index in [1.165, 1.54) is 0 Å². The van der Waals surface area contributed by atoms with Crippen molar-refractivity contribution in [1.29, 1.82) is 0 Å². The lowest BCUT2D eigenvalue weighted by Crippen LogP contribution is -2.32. The van der Waals surface area contributed by atoms with Gasteiger partial charge in [0.1, 0.15) is 5.69 Å². The maximum absolute atomic E-state index is 12.9. The maximum atomic E-state index is 12.9. The summed E-state index contributed by atoms with van der Waals surface area (Å²) >= 11 is 0. The van der Waals surface area contributed by atoms with Gasteiger partial charge in [-0.15, -0.1) is 5.10 Å². The molecule has 4 aromatic rings. The van der Waals surface area contributed by atoms with Gasteiger partial charge in [0.25, 0.3) is 11.8 Å². The van der Waals surface area contributed by atoms with Crippen LogP contribution in [0, 0.1) is 0 Å². The first-order valence-electron chi connectivity index (χ1n) is 9.33. The molecule has 1 atom stereocenters. The molecule has 0 saturated carbocycles. The smallest absolute Gasteiger partial charge is 0.317 e. The summed E-state index contributed by atoms with van der Waals surface area (Å²) in [5, 5.41) is 13.8.